The van der Waals surface area contributed by atoms with Crippen molar-refractivity contribution >= 4 is 84.6 Å². The molecule has 0 aliphatic carbocycles. The zero-order valence-corrected chi connectivity index (χ0v) is 35.2. The molecule has 1 aliphatic heterocycles. The molecule has 280 valence electrons. The highest BCUT2D eigenvalue weighted by Gasteiger charge is 2.59. The molecule has 0 amide bonds. The molecule has 12 nitrogen and oxygen atoms in total. The highest BCUT2D eigenvalue weighted by Crippen LogP contribution is 2.46. The molecule has 0 spiro atoms. The first-order chi connectivity index (χ1) is 23.3. The van der Waals surface area contributed by atoms with Crippen molar-refractivity contribution in [2.45, 2.75) is 98.1 Å². The summed E-state index contributed by atoms with van der Waals surface area (Å²) in [7, 11) is 0. The van der Waals surface area contributed by atoms with Crippen LogP contribution in [-0.2, 0) is 38.1 Å². The van der Waals surface area contributed by atoms with Crippen molar-refractivity contribution in [2.24, 2.45) is 16.8 Å². The summed E-state index contributed by atoms with van der Waals surface area (Å²) in [5.41, 5.74) is -2.11. The Labute approximate surface area is 320 Å². The molecule has 0 unspecified atom stereocenters. The monoisotopic (exact) mass is 864 g/mol. The maximum Gasteiger partial charge on any atom is 0.331 e. The Hall–Kier alpha value is -2.53. The quantitative estimate of drug-likeness (QED) is 0.0828. The number of aromatic nitrogens is 2. The third kappa shape index (κ3) is 15.8. The zero-order valence-electron chi connectivity index (χ0n) is 30.4. The van der Waals surface area contributed by atoms with Gasteiger partial charge >= 0.3 is 23.9 Å². The Morgan fingerprint density at radius 2 is 1.58 bits per heavy atom. The highest BCUT2D eigenvalue weighted by molar-refractivity contribution is 9.09. The van der Waals surface area contributed by atoms with E-state index in [0.29, 0.717) is 17.3 Å². The molecule has 1 aliphatic rings. The first-order valence-electron chi connectivity index (χ1n) is 16.0. The number of alkyl halides is 2. The lowest BCUT2D eigenvalue weighted by atomic mass is 9.81. The number of hydrogen-bond acceptors (Lipinski definition) is 14. The zero-order chi connectivity index (χ0) is 38.1. The van der Waals surface area contributed by atoms with Crippen LogP contribution in [0, 0.1) is 11.8 Å². The average molecular weight is 867 g/mol. The summed E-state index contributed by atoms with van der Waals surface area (Å²) in [5, 5.41) is 9.73. The molecule has 0 aromatic carbocycles. The lowest BCUT2D eigenvalue weighted by Crippen LogP contribution is -2.53. The van der Waals surface area contributed by atoms with E-state index in [2.05, 4.69) is 56.9 Å². The number of rotatable bonds is 11. The van der Waals surface area contributed by atoms with E-state index in [-0.39, 0.29) is 42.4 Å². The predicted octanol–water partition coefficient (Wildman–Crippen LogP) is 6.87. The van der Waals surface area contributed by atoms with Gasteiger partial charge in [-0.3, -0.25) is 19.9 Å². The van der Waals surface area contributed by atoms with E-state index >= 15 is 0 Å². The van der Waals surface area contributed by atoms with Gasteiger partial charge < -0.3 is 18.9 Å². The molecule has 1 saturated heterocycles. The number of hydrogen-bond donors (Lipinski definition) is 1. The maximum atomic E-state index is 12.9. The van der Waals surface area contributed by atoms with Gasteiger partial charge in [0.2, 0.25) is 0 Å². The molecule has 1 N–H and O–H groups in total. The first-order valence-corrected chi connectivity index (χ1v) is 20.0. The van der Waals surface area contributed by atoms with E-state index in [1.807, 2.05) is 52.3 Å². The number of thiazole rings is 2. The molecular formula is C34H50Br2N4O8S2. The molecule has 0 radical (unpaired) electrons. The molecule has 3 heterocycles. The fraction of sp³-hybridized carbons (Fsp3) is 0.618. The molecular weight excluding hydrogens is 816 g/mol. The number of esters is 4. The molecule has 5 atom stereocenters. The smallest absolute Gasteiger partial charge is 0.331 e. The topological polar surface area (TPSA) is 155 Å². The molecule has 50 heavy (non-hydrogen) atoms. The summed E-state index contributed by atoms with van der Waals surface area (Å²) in [6, 6.07) is -0.887. The minimum Gasteiger partial charge on any atom is -0.466 e. The van der Waals surface area contributed by atoms with Crippen molar-refractivity contribution in [3.8, 4) is 0 Å². The second-order valence-corrected chi connectivity index (χ2v) is 16.0. The van der Waals surface area contributed by atoms with Crippen LogP contribution in [0.3, 0.4) is 0 Å². The van der Waals surface area contributed by atoms with Crippen LogP contribution in [0.4, 0.5) is 0 Å². The minimum atomic E-state index is -1.02. The van der Waals surface area contributed by atoms with E-state index in [1.165, 1.54) is 28.7 Å². The second kappa shape index (κ2) is 21.7. The van der Waals surface area contributed by atoms with Gasteiger partial charge in [0.15, 0.2) is 0 Å². The summed E-state index contributed by atoms with van der Waals surface area (Å²) in [4.78, 5) is 60.1. The largest absolute Gasteiger partial charge is 0.466 e. The normalized spacial score (nSPS) is 21.0. The number of carbonyl (C=O) groups is 4. The average Bonchev–Trinajstić information content (AvgIpc) is 3.79. The molecule has 3 rings (SSSR count). The van der Waals surface area contributed by atoms with Gasteiger partial charge in [0.1, 0.15) is 32.8 Å². The number of nitrogens with one attached hydrogen (secondary N) is 1. The number of ether oxygens (including phenoxy) is 4. The van der Waals surface area contributed by atoms with Gasteiger partial charge in [-0.1, -0.05) is 37.9 Å². The van der Waals surface area contributed by atoms with Crippen LogP contribution in [0.2, 0.25) is 0 Å². The SMILES string of the molecule is CCOC(=O)C=CCBr.CCOC(=O)[C@@H]1[C@H](c2nccs2)N[C@](C)(C(=O)OC(C)(C)C)[C@H]1CBr.C[C@H](N=Cc1nccs1)C(=O)OC(C)(C)C. The summed E-state index contributed by atoms with van der Waals surface area (Å²) in [5.74, 6) is -2.15. The van der Waals surface area contributed by atoms with Crippen molar-refractivity contribution in [1.82, 2.24) is 15.3 Å². The lowest BCUT2D eigenvalue weighted by molar-refractivity contribution is -0.164. The van der Waals surface area contributed by atoms with Crippen LogP contribution in [0.5, 0.6) is 0 Å². The van der Waals surface area contributed by atoms with Crippen LogP contribution in [0.25, 0.3) is 0 Å². The summed E-state index contributed by atoms with van der Waals surface area (Å²) in [6.07, 6.45) is 8.08. The van der Waals surface area contributed by atoms with E-state index in [0.717, 1.165) is 10.0 Å². The molecule has 1 fully saturated rings. The molecule has 2 aromatic rings. The fourth-order valence-electron chi connectivity index (χ4n) is 4.35. The fourth-order valence-corrected chi connectivity index (χ4v) is 6.83. The van der Waals surface area contributed by atoms with Crippen LogP contribution in [-0.4, -0.2) is 86.7 Å². The Balaban J connectivity index is 0.000000426. The van der Waals surface area contributed by atoms with Gasteiger partial charge in [0, 0.05) is 45.8 Å². The summed E-state index contributed by atoms with van der Waals surface area (Å²) in [6.45, 7) is 18.8. The standard InChI is InChI=1S/C17H25BrN2O4S.C11H16N2O2S.C6H9BrO2/c1-6-23-14(21)11-10(9-18)17(5,15(22)24-16(2,3)4)20-12(11)13-19-7-8-25-13;1-8(10(14)15-11(2,3)4)13-7-9-12-5-6-16-9;1-2-9-6(8)4-3-5-7/h7-8,10-12,20H,6,9H2,1-5H3;5-8H,1-4H3;3-4H,2,5H2,1H3/t10-,11-,12+,17-;8-;/m00./s1. The van der Waals surface area contributed by atoms with Crippen molar-refractivity contribution in [2.75, 3.05) is 23.9 Å². The molecule has 16 heteroatoms. The van der Waals surface area contributed by atoms with Crippen LogP contribution < -0.4 is 5.32 Å². The third-order valence-corrected chi connectivity index (χ3v) is 9.13. The van der Waals surface area contributed by atoms with Gasteiger partial charge in [-0.2, -0.15) is 0 Å². The lowest BCUT2D eigenvalue weighted by Gasteiger charge is -2.33. The van der Waals surface area contributed by atoms with Crippen molar-refractivity contribution in [1.29, 1.82) is 0 Å². The Bertz CT molecular complexity index is 1390. The Morgan fingerprint density at radius 1 is 0.980 bits per heavy atom. The van der Waals surface area contributed by atoms with Crippen molar-refractivity contribution in [3.05, 3.63) is 45.3 Å². The summed E-state index contributed by atoms with van der Waals surface area (Å²) >= 11 is 9.54. The number of carbonyl (C=O) groups excluding carboxylic acids is 4. The number of nitrogens with zero attached hydrogens (tertiary/aromatic N) is 3. The van der Waals surface area contributed by atoms with Crippen LogP contribution in [0.1, 0.15) is 85.3 Å². The summed E-state index contributed by atoms with van der Waals surface area (Å²) < 4.78 is 20.7. The Kier molecular flexibility index (Phi) is 19.8. The minimum absolute atomic E-state index is 0.281. The number of aliphatic imine (C=N–C) groups is 1. The Morgan fingerprint density at radius 3 is 2.06 bits per heavy atom. The van der Waals surface area contributed by atoms with Crippen molar-refractivity contribution < 1.29 is 38.1 Å². The number of halogens is 2. The second-order valence-electron chi connectivity index (χ2n) is 12.9. The van der Waals surface area contributed by atoms with Crippen molar-refractivity contribution in [3.63, 3.8) is 0 Å². The van der Waals surface area contributed by atoms with E-state index < -0.39 is 28.7 Å². The third-order valence-electron chi connectivity index (χ3n) is 6.49. The van der Waals surface area contributed by atoms with E-state index in [4.69, 9.17) is 14.2 Å². The van der Waals surface area contributed by atoms with E-state index in [1.54, 1.807) is 52.4 Å². The van der Waals surface area contributed by atoms with Gasteiger partial charge in [0.25, 0.3) is 0 Å². The van der Waals surface area contributed by atoms with Gasteiger partial charge in [-0.25, -0.2) is 19.6 Å². The number of allylic oxidation sites excluding steroid dienone is 1. The van der Waals surface area contributed by atoms with Gasteiger partial charge in [0.05, 0.1) is 31.4 Å². The molecule has 0 saturated carbocycles. The highest BCUT2D eigenvalue weighted by atomic mass is 79.9. The molecule has 0 bridgehead atoms. The van der Waals surface area contributed by atoms with Crippen LogP contribution in [0.15, 0.2) is 40.3 Å². The van der Waals surface area contributed by atoms with Gasteiger partial charge in [-0.05, 0) is 69.2 Å². The van der Waals surface area contributed by atoms with Gasteiger partial charge in [-0.15, -0.1) is 22.7 Å². The maximum absolute atomic E-state index is 12.9. The predicted molar refractivity (Wildman–Crippen MR) is 204 cm³/mol. The first kappa shape index (κ1) is 45.5. The molecule has 2 aromatic heterocycles. The van der Waals surface area contributed by atoms with Crippen LogP contribution >= 0.6 is 54.5 Å². The van der Waals surface area contributed by atoms with E-state index in [9.17, 15) is 19.2 Å².